The van der Waals surface area contributed by atoms with Crippen LogP contribution in [0.3, 0.4) is 0 Å². The van der Waals surface area contributed by atoms with Gasteiger partial charge in [0.1, 0.15) is 12.3 Å². The zero-order chi connectivity index (χ0) is 15.8. The van der Waals surface area contributed by atoms with Crippen molar-refractivity contribution in [3.8, 4) is 0 Å². The number of unbranched alkanes of at least 4 members (excludes halogenated alkanes) is 8. The maximum absolute atomic E-state index is 13.4. The Morgan fingerprint density at radius 2 is 0.857 bits per heavy atom. The van der Waals surface area contributed by atoms with E-state index in [1.165, 1.54) is 38.5 Å². The van der Waals surface area contributed by atoms with Gasteiger partial charge >= 0.3 is 0 Å². The third-order valence-corrected chi connectivity index (χ3v) is 4.26. The molecule has 0 saturated carbocycles. The SMILES string of the molecule is CCCCC(F)CCCCCCCCCCC(F)CCC. The second-order valence-electron chi connectivity index (χ2n) is 6.53. The number of hydrogen-bond donors (Lipinski definition) is 0. The molecule has 0 aliphatic heterocycles. The molecule has 0 radical (unpaired) electrons. The quantitative estimate of drug-likeness (QED) is 0.258. The zero-order valence-electron chi connectivity index (χ0n) is 14.5. The number of hydrogen-bond acceptors (Lipinski definition) is 0. The van der Waals surface area contributed by atoms with Crippen molar-refractivity contribution in [3.63, 3.8) is 0 Å². The Hall–Kier alpha value is -0.140. The Kier molecular flexibility index (Phi) is 16.1. The molecule has 0 heterocycles. The first kappa shape index (κ1) is 20.9. The Bertz CT molecular complexity index is 194. The normalized spacial score (nSPS) is 14.3. The molecular weight excluding hydrogens is 266 g/mol. The number of alkyl halides is 2. The summed E-state index contributed by atoms with van der Waals surface area (Å²) in [5, 5.41) is 0. The molecule has 0 amide bonds. The summed E-state index contributed by atoms with van der Waals surface area (Å²) in [5.41, 5.74) is 0. The van der Waals surface area contributed by atoms with Gasteiger partial charge in [0, 0.05) is 0 Å². The maximum Gasteiger partial charge on any atom is 0.100 e. The van der Waals surface area contributed by atoms with Crippen LogP contribution in [-0.2, 0) is 0 Å². The summed E-state index contributed by atoms with van der Waals surface area (Å²) in [4.78, 5) is 0. The molecule has 0 rings (SSSR count). The highest BCUT2D eigenvalue weighted by Gasteiger charge is 2.05. The molecule has 0 aromatic rings. The Balaban J connectivity index is 3.12. The van der Waals surface area contributed by atoms with Crippen LogP contribution in [0.4, 0.5) is 8.78 Å². The van der Waals surface area contributed by atoms with Gasteiger partial charge in [0.25, 0.3) is 0 Å². The summed E-state index contributed by atoms with van der Waals surface area (Å²) in [6.07, 6.45) is 14.4. The van der Waals surface area contributed by atoms with Gasteiger partial charge in [0.15, 0.2) is 0 Å². The van der Waals surface area contributed by atoms with E-state index in [-0.39, 0.29) is 0 Å². The van der Waals surface area contributed by atoms with Crippen LogP contribution in [0.25, 0.3) is 0 Å². The molecule has 2 atom stereocenters. The smallest absolute Gasteiger partial charge is 0.100 e. The Morgan fingerprint density at radius 1 is 0.476 bits per heavy atom. The molecule has 0 aliphatic carbocycles. The van der Waals surface area contributed by atoms with Gasteiger partial charge in [0.2, 0.25) is 0 Å². The molecule has 0 spiro atoms. The lowest BCUT2D eigenvalue weighted by atomic mass is 10.0. The largest absolute Gasteiger partial charge is 0.247 e. The topological polar surface area (TPSA) is 0 Å². The van der Waals surface area contributed by atoms with Crippen LogP contribution < -0.4 is 0 Å². The monoisotopic (exact) mass is 304 g/mol. The van der Waals surface area contributed by atoms with Crippen molar-refractivity contribution in [1.29, 1.82) is 0 Å². The lowest BCUT2D eigenvalue weighted by Gasteiger charge is -2.07. The van der Waals surface area contributed by atoms with Crippen LogP contribution in [0, 0.1) is 0 Å². The van der Waals surface area contributed by atoms with E-state index < -0.39 is 12.3 Å². The average Bonchev–Trinajstić information content (AvgIpc) is 2.47. The van der Waals surface area contributed by atoms with Crippen molar-refractivity contribution in [2.45, 2.75) is 123 Å². The molecule has 128 valence electrons. The van der Waals surface area contributed by atoms with Gasteiger partial charge in [-0.3, -0.25) is 0 Å². The summed E-state index contributed by atoms with van der Waals surface area (Å²) in [6.45, 7) is 4.16. The maximum atomic E-state index is 13.4. The molecule has 0 aliphatic rings. The van der Waals surface area contributed by atoms with E-state index in [1.54, 1.807) is 0 Å². The lowest BCUT2D eigenvalue weighted by Crippen LogP contribution is -1.99. The number of rotatable bonds is 16. The highest BCUT2D eigenvalue weighted by atomic mass is 19.1. The summed E-state index contributed by atoms with van der Waals surface area (Å²) >= 11 is 0. The molecule has 0 saturated heterocycles. The molecule has 0 fully saturated rings. The molecule has 0 N–H and O–H groups in total. The highest BCUT2D eigenvalue weighted by molar-refractivity contribution is 4.58. The first-order valence-electron chi connectivity index (χ1n) is 9.48. The minimum atomic E-state index is -0.573. The van der Waals surface area contributed by atoms with Crippen molar-refractivity contribution >= 4 is 0 Å². The third-order valence-electron chi connectivity index (χ3n) is 4.26. The lowest BCUT2D eigenvalue weighted by molar-refractivity contribution is 0.280. The van der Waals surface area contributed by atoms with Crippen LogP contribution in [0.5, 0.6) is 0 Å². The summed E-state index contributed by atoms with van der Waals surface area (Å²) < 4.78 is 26.6. The van der Waals surface area contributed by atoms with E-state index in [2.05, 4.69) is 6.92 Å². The molecule has 0 aromatic carbocycles. The number of halogens is 2. The van der Waals surface area contributed by atoms with Crippen LogP contribution in [-0.4, -0.2) is 12.3 Å². The van der Waals surface area contributed by atoms with E-state index in [9.17, 15) is 8.78 Å². The van der Waals surface area contributed by atoms with E-state index in [0.29, 0.717) is 0 Å². The van der Waals surface area contributed by atoms with Crippen molar-refractivity contribution in [1.82, 2.24) is 0 Å². The van der Waals surface area contributed by atoms with Gasteiger partial charge in [-0.25, -0.2) is 8.78 Å². The predicted octanol–water partition coefficient (Wildman–Crippen LogP) is 7.55. The summed E-state index contributed by atoms with van der Waals surface area (Å²) in [5.74, 6) is 0. The van der Waals surface area contributed by atoms with Crippen molar-refractivity contribution in [2.24, 2.45) is 0 Å². The van der Waals surface area contributed by atoms with Crippen molar-refractivity contribution in [2.75, 3.05) is 0 Å². The Labute approximate surface area is 132 Å². The fourth-order valence-electron chi connectivity index (χ4n) is 2.82. The minimum absolute atomic E-state index is 0.568. The fourth-order valence-corrected chi connectivity index (χ4v) is 2.82. The van der Waals surface area contributed by atoms with Gasteiger partial charge in [-0.15, -0.1) is 0 Å². The zero-order valence-corrected chi connectivity index (χ0v) is 14.5. The molecule has 0 nitrogen and oxygen atoms in total. The van der Waals surface area contributed by atoms with Gasteiger partial charge < -0.3 is 0 Å². The molecular formula is C19H38F2. The van der Waals surface area contributed by atoms with Crippen LogP contribution >= 0.6 is 0 Å². The molecule has 0 bridgehead atoms. The predicted molar refractivity (Wildman–Crippen MR) is 90.4 cm³/mol. The Morgan fingerprint density at radius 3 is 1.29 bits per heavy atom. The minimum Gasteiger partial charge on any atom is -0.247 e. The first-order valence-corrected chi connectivity index (χ1v) is 9.48. The van der Waals surface area contributed by atoms with Crippen molar-refractivity contribution in [3.05, 3.63) is 0 Å². The third kappa shape index (κ3) is 16.1. The van der Waals surface area contributed by atoms with Crippen LogP contribution in [0.2, 0.25) is 0 Å². The van der Waals surface area contributed by atoms with Crippen LogP contribution in [0.15, 0.2) is 0 Å². The van der Waals surface area contributed by atoms with E-state index >= 15 is 0 Å². The standard InChI is InChI=1S/C19H38F2/c1-3-5-15-19(21)17-13-11-9-7-6-8-10-12-16-18(20)14-4-2/h18-19H,3-17H2,1-2H3. The van der Waals surface area contributed by atoms with Gasteiger partial charge in [-0.1, -0.05) is 84.5 Å². The van der Waals surface area contributed by atoms with E-state index in [4.69, 9.17) is 0 Å². The van der Waals surface area contributed by atoms with E-state index in [0.717, 1.165) is 57.8 Å². The summed E-state index contributed by atoms with van der Waals surface area (Å²) in [7, 11) is 0. The summed E-state index contributed by atoms with van der Waals surface area (Å²) in [6, 6.07) is 0. The van der Waals surface area contributed by atoms with Gasteiger partial charge in [-0.05, 0) is 25.7 Å². The second kappa shape index (κ2) is 16.2. The average molecular weight is 305 g/mol. The molecule has 0 aromatic heterocycles. The highest BCUT2D eigenvalue weighted by Crippen LogP contribution is 2.16. The van der Waals surface area contributed by atoms with Gasteiger partial charge in [0.05, 0.1) is 0 Å². The molecule has 21 heavy (non-hydrogen) atoms. The van der Waals surface area contributed by atoms with E-state index in [1.807, 2.05) is 6.92 Å². The first-order chi connectivity index (χ1) is 10.2. The fraction of sp³-hybridized carbons (Fsp3) is 1.00. The van der Waals surface area contributed by atoms with Gasteiger partial charge in [-0.2, -0.15) is 0 Å². The second-order valence-corrected chi connectivity index (χ2v) is 6.53. The van der Waals surface area contributed by atoms with Crippen LogP contribution in [0.1, 0.15) is 110 Å². The molecule has 2 unspecified atom stereocenters. The molecule has 2 heteroatoms. The van der Waals surface area contributed by atoms with Crippen molar-refractivity contribution < 1.29 is 8.78 Å².